The van der Waals surface area contributed by atoms with Crippen molar-refractivity contribution in [1.82, 2.24) is 4.98 Å². The highest BCUT2D eigenvalue weighted by Gasteiger charge is 2.16. The van der Waals surface area contributed by atoms with E-state index in [1.54, 1.807) is 18.2 Å². The molecule has 0 atom stereocenters. The summed E-state index contributed by atoms with van der Waals surface area (Å²) in [5, 5.41) is 13.7. The molecule has 1 amide bonds. The molecule has 1 aromatic carbocycles. The molecule has 7 heteroatoms. The van der Waals surface area contributed by atoms with Crippen molar-refractivity contribution >= 4 is 28.9 Å². The van der Waals surface area contributed by atoms with Crippen LogP contribution < -0.4 is 5.32 Å². The lowest BCUT2D eigenvalue weighted by Crippen LogP contribution is -2.13. The summed E-state index contributed by atoms with van der Waals surface area (Å²) >= 11 is 5.83. The fourth-order valence-electron chi connectivity index (χ4n) is 1.86. The van der Waals surface area contributed by atoms with Crippen molar-refractivity contribution in [2.75, 3.05) is 5.32 Å². The molecular weight excluding hydrogens is 294 g/mol. The summed E-state index contributed by atoms with van der Waals surface area (Å²) in [7, 11) is 0. The molecule has 1 heterocycles. The number of halogens is 1. The average Bonchev–Trinajstić information content (AvgIpc) is 2.47. The van der Waals surface area contributed by atoms with Crippen molar-refractivity contribution in [3.8, 4) is 0 Å². The van der Waals surface area contributed by atoms with Gasteiger partial charge in [-0.3, -0.25) is 14.9 Å². The molecular formula is C14H12ClN3O3. The van der Waals surface area contributed by atoms with Crippen LogP contribution in [-0.4, -0.2) is 15.8 Å². The first kappa shape index (κ1) is 14.9. The highest BCUT2D eigenvalue weighted by Crippen LogP contribution is 2.24. The van der Waals surface area contributed by atoms with E-state index < -0.39 is 10.8 Å². The van der Waals surface area contributed by atoms with Gasteiger partial charge in [0.05, 0.1) is 10.5 Å². The molecule has 0 aliphatic carbocycles. The summed E-state index contributed by atoms with van der Waals surface area (Å²) in [4.78, 5) is 26.4. The van der Waals surface area contributed by atoms with Gasteiger partial charge in [0, 0.05) is 23.5 Å². The number of nitro benzene ring substituents is 1. The van der Waals surface area contributed by atoms with E-state index in [0.717, 1.165) is 0 Å². The maximum atomic E-state index is 12.1. The largest absolute Gasteiger partial charge is 0.322 e. The second kappa shape index (κ2) is 6.32. The monoisotopic (exact) mass is 305 g/mol. The van der Waals surface area contributed by atoms with E-state index in [-0.39, 0.29) is 16.4 Å². The van der Waals surface area contributed by atoms with Crippen LogP contribution in [0, 0.1) is 10.1 Å². The standard InChI is InChI=1S/C14H12ClN3O3/c1-2-9-5-6-10(8-12(9)18(20)21)17-14(19)11-4-3-7-16-13(11)15/h3-8H,2H2,1H3,(H,17,19). The molecule has 21 heavy (non-hydrogen) atoms. The van der Waals surface area contributed by atoms with E-state index >= 15 is 0 Å². The number of aromatic nitrogens is 1. The minimum absolute atomic E-state index is 0.0208. The van der Waals surface area contributed by atoms with Crippen LogP contribution in [0.4, 0.5) is 11.4 Å². The minimum Gasteiger partial charge on any atom is -0.322 e. The van der Waals surface area contributed by atoms with Gasteiger partial charge in [-0.25, -0.2) is 4.98 Å². The number of hydrogen-bond acceptors (Lipinski definition) is 4. The van der Waals surface area contributed by atoms with E-state index in [0.29, 0.717) is 17.7 Å². The van der Waals surface area contributed by atoms with Gasteiger partial charge >= 0.3 is 0 Å². The normalized spacial score (nSPS) is 10.2. The Morgan fingerprint density at radius 3 is 2.81 bits per heavy atom. The van der Waals surface area contributed by atoms with Crippen molar-refractivity contribution in [3.63, 3.8) is 0 Å². The third-order valence-electron chi connectivity index (χ3n) is 2.92. The third kappa shape index (κ3) is 3.35. The van der Waals surface area contributed by atoms with Crippen LogP contribution in [0.25, 0.3) is 0 Å². The zero-order chi connectivity index (χ0) is 15.4. The quantitative estimate of drug-likeness (QED) is 0.532. The number of rotatable bonds is 4. The summed E-state index contributed by atoms with van der Waals surface area (Å²) in [5.74, 6) is -0.466. The van der Waals surface area contributed by atoms with Gasteiger partial charge in [0.2, 0.25) is 0 Å². The van der Waals surface area contributed by atoms with Crippen LogP contribution in [0.2, 0.25) is 5.15 Å². The Bertz CT molecular complexity index is 704. The Morgan fingerprint density at radius 2 is 2.19 bits per heavy atom. The lowest BCUT2D eigenvalue weighted by molar-refractivity contribution is -0.385. The molecule has 6 nitrogen and oxygen atoms in total. The summed E-state index contributed by atoms with van der Waals surface area (Å²) in [6, 6.07) is 7.69. The van der Waals surface area contributed by atoms with Gasteiger partial charge in [0.25, 0.3) is 11.6 Å². The minimum atomic E-state index is -0.467. The van der Waals surface area contributed by atoms with E-state index in [2.05, 4.69) is 10.3 Å². The Morgan fingerprint density at radius 1 is 1.43 bits per heavy atom. The van der Waals surface area contributed by atoms with E-state index in [1.165, 1.54) is 18.3 Å². The highest BCUT2D eigenvalue weighted by molar-refractivity contribution is 6.33. The Balaban J connectivity index is 2.28. The molecule has 0 aliphatic heterocycles. The van der Waals surface area contributed by atoms with Crippen LogP contribution in [-0.2, 0) is 6.42 Å². The predicted octanol–water partition coefficient (Wildman–Crippen LogP) is 3.46. The third-order valence-corrected chi connectivity index (χ3v) is 3.23. The molecule has 108 valence electrons. The smallest absolute Gasteiger partial charge is 0.274 e. The van der Waals surface area contributed by atoms with Crippen LogP contribution in [0.1, 0.15) is 22.8 Å². The molecule has 0 saturated carbocycles. The molecule has 0 fully saturated rings. The first-order valence-corrected chi connectivity index (χ1v) is 6.60. The molecule has 0 spiro atoms. The fourth-order valence-corrected chi connectivity index (χ4v) is 2.07. The van der Waals surface area contributed by atoms with E-state index in [9.17, 15) is 14.9 Å². The van der Waals surface area contributed by atoms with Crippen molar-refractivity contribution in [3.05, 3.63) is 62.9 Å². The van der Waals surface area contributed by atoms with Crippen molar-refractivity contribution < 1.29 is 9.72 Å². The van der Waals surface area contributed by atoms with Gasteiger partial charge < -0.3 is 5.32 Å². The molecule has 1 N–H and O–H groups in total. The van der Waals surface area contributed by atoms with Crippen LogP contribution in [0.5, 0.6) is 0 Å². The van der Waals surface area contributed by atoms with Gasteiger partial charge in [-0.05, 0) is 24.6 Å². The van der Waals surface area contributed by atoms with E-state index in [4.69, 9.17) is 11.6 Å². The topological polar surface area (TPSA) is 85.1 Å². The molecule has 0 bridgehead atoms. The molecule has 2 rings (SSSR count). The average molecular weight is 306 g/mol. The number of hydrogen-bond donors (Lipinski definition) is 1. The molecule has 0 aliphatic rings. The molecule has 0 radical (unpaired) electrons. The van der Waals surface area contributed by atoms with Gasteiger partial charge in [-0.2, -0.15) is 0 Å². The number of carbonyl (C=O) groups is 1. The van der Waals surface area contributed by atoms with Gasteiger partial charge in [-0.1, -0.05) is 24.6 Å². The number of amides is 1. The van der Waals surface area contributed by atoms with Crippen LogP contribution in [0.3, 0.4) is 0 Å². The summed E-state index contributed by atoms with van der Waals surface area (Å²) in [6.45, 7) is 1.83. The molecule has 0 saturated heterocycles. The maximum Gasteiger partial charge on any atom is 0.274 e. The first-order valence-electron chi connectivity index (χ1n) is 6.22. The molecule has 2 aromatic rings. The molecule has 0 unspecified atom stereocenters. The summed E-state index contributed by atoms with van der Waals surface area (Å²) in [6.07, 6.45) is 2.01. The molecule has 1 aromatic heterocycles. The highest BCUT2D eigenvalue weighted by atomic mass is 35.5. The Kier molecular flexibility index (Phi) is 4.49. The van der Waals surface area contributed by atoms with Crippen molar-refractivity contribution in [2.45, 2.75) is 13.3 Å². The number of nitro groups is 1. The number of benzene rings is 1. The second-order valence-corrected chi connectivity index (χ2v) is 4.61. The number of carbonyl (C=O) groups excluding carboxylic acids is 1. The zero-order valence-corrected chi connectivity index (χ0v) is 11.9. The zero-order valence-electron chi connectivity index (χ0n) is 11.2. The van der Waals surface area contributed by atoms with Gasteiger partial charge in [0.1, 0.15) is 5.15 Å². The summed E-state index contributed by atoms with van der Waals surface area (Å²) < 4.78 is 0. The lowest BCUT2D eigenvalue weighted by atomic mass is 10.1. The van der Waals surface area contributed by atoms with Crippen molar-refractivity contribution in [2.24, 2.45) is 0 Å². The lowest BCUT2D eigenvalue weighted by Gasteiger charge is -2.07. The number of aryl methyl sites for hydroxylation is 1. The maximum absolute atomic E-state index is 12.1. The predicted molar refractivity (Wildman–Crippen MR) is 79.7 cm³/mol. The number of nitrogens with one attached hydrogen (secondary N) is 1. The van der Waals surface area contributed by atoms with E-state index in [1.807, 2.05) is 6.92 Å². The first-order chi connectivity index (χ1) is 10.0. The van der Waals surface area contributed by atoms with Crippen molar-refractivity contribution in [1.29, 1.82) is 0 Å². The number of nitrogens with zero attached hydrogens (tertiary/aromatic N) is 2. The number of pyridine rings is 1. The Labute approximate surface area is 125 Å². The van der Waals surface area contributed by atoms with Crippen LogP contribution in [0.15, 0.2) is 36.5 Å². The Hall–Kier alpha value is -2.47. The second-order valence-electron chi connectivity index (χ2n) is 4.25. The van der Waals surface area contributed by atoms with Crippen LogP contribution >= 0.6 is 11.6 Å². The SMILES string of the molecule is CCc1ccc(NC(=O)c2cccnc2Cl)cc1[N+](=O)[O-]. The number of anilines is 1. The van der Waals surface area contributed by atoms with Gasteiger partial charge in [-0.15, -0.1) is 0 Å². The fraction of sp³-hybridized carbons (Fsp3) is 0.143. The summed E-state index contributed by atoms with van der Waals surface area (Å²) in [5.41, 5.74) is 1.13. The van der Waals surface area contributed by atoms with Gasteiger partial charge in [0.15, 0.2) is 0 Å².